The Balaban J connectivity index is 2.51. The van der Waals surface area contributed by atoms with E-state index in [9.17, 15) is 14.7 Å². The minimum Gasteiger partial charge on any atom is -0.391 e. The minimum atomic E-state index is -0.829. The van der Waals surface area contributed by atoms with Crippen LogP contribution in [0.4, 0.5) is 5.69 Å². The van der Waals surface area contributed by atoms with Gasteiger partial charge in [0.1, 0.15) is 0 Å². The molecule has 2 unspecified atom stereocenters. The van der Waals surface area contributed by atoms with Crippen molar-refractivity contribution < 1.29 is 14.7 Å². The Morgan fingerprint density at radius 2 is 1.90 bits per heavy atom. The number of halogens is 2. The molecule has 0 heterocycles. The van der Waals surface area contributed by atoms with Crippen LogP contribution in [0.5, 0.6) is 0 Å². The molecule has 2 atom stereocenters. The van der Waals surface area contributed by atoms with Crippen molar-refractivity contribution in [2.45, 2.75) is 26.4 Å². The molecule has 0 spiro atoms. The third-order valence-corrected chi connectivity index (χ3v) is 3.90. The maximum Gasteiger partial charge on any atom is 0.313 e. The summed E-state index contributed by atoms with van der Waals surface area (Å²) in [5, 5.41) is 15.1. The maximum absolute atomic E-state index is 11.7. The molecule has 0 aliphatic carbocycles. The molecular formula is C14H18Cl2N2O3. The van der Waals surface area contributed by atoms with Crippen LogP contribution >= 0.6 is 23.2 Å². The summed E-state index contributed by atoms with van der Waals surface area (Å²) in [4.78, 5) is 23.3. The number of rotatable bonds is 5. The second kappa shape index (κ2) is 8.22. The van der Waals surface area contributed by atoms with Crippen molar-refractivity contribution in [3.05, 3.63) is 28.2 Å². The molecule has 1 aromatic carbocycles. The largest absolute Gasteiger partial charge is 0.391 e. The van der Waals surface area contributed by atoms with Crippen molar-refractivity contribution >= 4 is 40.7 Å². The summed E-state index contributed by atoms with van der Waals surface area (Å²) in [5.41, 5.74) is 0.368. The Morgan fingerprint density at radius 1 is 1.24 bits per heavy atom. The Hall–Kier alpha value is -1.30. The van der Waals surface area contributed by atoms with E-state index in [1.807, 2.05) is 13.8 Å². The Labute approximate surface area is 133 Å². The summed E-state index contributed by atoms with van der Waals surface area (Å²) in [7, 11) is 0. The van der Waals surface area contributed by atoms with Gasteiger partial charge >= 0.3 is 11.8 Å². The van der Waals surface area contributed by atoms with Crippen molar-refractivity contribution in [2.75, 3.05) is 11.9 Å². The lowest BCUT2D eigenvalue weighted by Gasteiger charge is -2.17. The average molecular weight is 333 g/mol. The molecule has 0 aliphatic heterocycles. The van der Waals surface area contributed by atoms with Crippen LogP contribution in [0.2, 0.25) is 10.0 Å². The molecule has 7 heteroatoms. The molecule has 3 N–H and O–H groups in total. The first-order valence-corrected chi connectivity index (χ1v) is 7.33. The second-order valence-electron chi connectivity index (χ2n) is 4.75. The van der Waals surface area contributed by atoms with Crippen molar-refractivity contribution in [1.82, 2.24) is 5.32 Å². The predicted octanol–water partition coefficient (Wildman–Crippen LogP) is 2.46. The molecule has 0 radical (unpaired) electrons. The first kappa shape index (κ1) is 17.8. The van der Waals surface area contributed by atoms with Gasteiger partial charge < -0.3 is 15.7 Å². The molecule has 0 saturated carbocycles. The lowest BCUT2D eigenvalue weighted by atomic mass is 10.0. The van der Waals surface area contributed by atoms with Crippen molar-refractivity contribution in [3.63, 3.8) is 0 Å². The van der Waals surface area contributed by atoms with Gasteiger partial charge in [0.15, 0.2) is 0 Å². The molecule has 1 aromatic rings. The number of aliphatic hydroxyl groups excluding tert-OH is 1. The molecule has 0 saturated heterocycles. The number of hydrogen-bond acceptors (Lipinski definition) is 3. The molecule has 116 valence electrons. The van der Waals surface area contributed by atoms with Gasteiger partial charge in [0.25, 0.3) is 0 Å². The van der Waals surface area contributed by atoms with Crippen LogP contribution in [0.25, 0.3) is 0 Å². The van der Waals surface area contributed by atoms with E-state index >= 15 is 0 Å². The Bertz CT molecular complexity index is 523. The van der Waals surface area contributed by atoms with E-state index in [1.165, 1.54) is 18.2 Å². The predicted molar refractivity (Wildman–Crippen MR) is 83.6 cm³/mol. The van der Waals surface area contributed by atoms with E-state index in [0.717, 1.165) is 6.42 Å². The van der Waals surface area contributed by atoms with Gasteiger partial charge in [-0.25, -0.2) is 0 Å². The fourth-order valence-corrected chi connectivity index (χ4v) is 1.81. The average Bonchev–Trinajstić information content (AvgIpc) is 2.47. The van der Waals surface area contributed by atoms with Crippen molar-refractivity contribution in [3.8, 4) is 0 Å². The molecule has 0 aromatic heterocycles. The lowest BCUT2D eigenvalue weighted by Crippen LogP contribution is -2.41. The molecule has 1 rings (SSSR count). The number of carbonyl (C=O) groups is 2. The smallest absolute Gasteiger partial charge is 0.313 e. The quantitative estimate of drug-likeness (QED) is 0.724. The number of anilines is 1. The topological polar surface area (TPSA) is 78.4 Å². The molecule has 0 aliphatic rings. The van der Waals surface area contributed by atoms with Crippen LogP contribution < -0.4 is 10.6 Å². The number of aliphatic hydroxyl groups is 1. The highest BCUT2D eigenvalue weighted by molar-refractivity contribution is 6.42. The van der Waals surface area contributed by atoms with Gasteiger partial charge in [0.05, 0.1) is 16.1 Å². The lowest BCUT2D eigenvalue weighted by molar-refractivity contribution is -0.136. The zero-order valence-electron chi connectivity index (χ0n) is 11.8. The molecule has 0 fully saturated rings. The third-order valence-electron chi connectivity index (χ3n) is 3.16. The molecule has 0 bridgehead atoms. The van der Waals surface area contributed by atoms with Crippen LogP contribution in [0.1, 0.15) is 20.3 Å². The fraction of sp³-hybridized carbons (Fsp3) is 0.429. The van der Waals surface area contributed by atoms with E-state index in [0.29, 0.717) is 10.7 Å². The molecule has 2 amide bonds. The van der Waals surface area contributed by atoms with Gasteiger partial charge in [0, 0.05) is 12.2 Å². The second-order valence-corrected chi connectivity index (χ2v) is 5.56. The summed E-state index contributed by atoms with van der Waals surface area (Å²) in [6, 6.07) is 4.50. The zero-order valence-corrected chi connectivity index (χ0v) is 13.3. The number of hydrogen-bond donors (Lipinski definition) is 3. The first-order valence-electron chi connectivity index (χ1n) is 6.57. The summed E-state index contributed by atoms with van der Waals surface area (Å²) < 4.78 is 0. The van der Waals surface area contributed by atoms with Gasteiger partial charge in [0.2, 0.25) is 0 Å². The fourth-order valence-electron chi connectivity index (χ4n) is 1.51. The summed E-state index contributed by atoms with van der Waals surface area (Å²) >= 11 is 11.6. The summed E-state index contributed by atoms with van der Waals surface area (Å²) in [6.07, 6.45) is 0.101. The van der Waals surface area contributed by atoms with Gasteiger partial charge in [-0.2, -0.15) is 0 Å². The highest BCUT2D eigenvalue weighted by Crippen LogP contribution is 2.24. The Morgan fingerprint density at radius 3 is 2.48 bits per heavy atom. The van der Waals surface area contributed by atoms with Crippen LogP contribution in [-0.2, 0) is 9.59 Å². The van der Waals surface area contributed by atoms with E-state index in [2.05, 4.69) is 10.6 Å². The zero-order chi connectivity index (χ0) is 16.0. The maximum atomic E-state index is 11.7. The number of amides is 2. The Kier molecular flexibility index (Phi) is 6.95. The molecule has 21 heavy (non-hydrogen) atoms. The summed E-state index contributed by atoms with van der Waals surface area (Å²) in [5.74, 6) is -1.60. The number of nitrogens with one attached hydrogen (secondary N) is 2. The SMILES string of the molecule is CCC(C)C(O)CNC(=O)C(=O)Nc1ccc(Cl)c(Cl)c1. The van der Waals surface area contributed by atoms with Gasteiger partial charge in [-0.05, 0) is 24.1 Å². The van der Waals surface area contributed by atoms with Crippen LogP contribution in [0.3, 0.4) is 0 Å². The summed E-state index contributed by atoms with van der Waals surface area (Å²) in [6.45, 7) is 3.84. The molecular weight excluding hydrogens is 315 g/mol. The highest BCUT2D eigenvalue weighted by atomic mass is 35.5. The van der Waals surface area contributed by atoms with Crippen LogP contribution in [-0.4, -0.2) is 29.6 Å². The number of benzene rings is 1. The normalized spacial score (nSPS) is 13.4. The van der Waals surface area contributed by atoms with E-state index in [1.54, 1.807) is 0 Å². The van der Waals surface area contributed by atoms with E-state index < -0.39 is 17.9 Å². The van der Waals surface area contributed by atoms with Crippen LogP contribution in [0.15, 0.2) is 18.2 Å². The van der Waals surface area contributed by atoms with Crippen LogP contribution in [0, 0.1) is 5.92 Å². The van der Waals surface area contributed by atoms with Gasteiger partial charge in [-0.3, -0.25) is 9.59 Å². The van der Waals surface area contributed by atoms with Crippen molar-refractivity contribution in [2.24, 2.45) is 5.92 Å². The standard InChI is InChI=1S/C14H18Cl2N2O3/c1-3-8(2)12(19)7-17-13(20)14(21)18-9-4-5-10(15)11(16)6-9/h4-6,8,12,19H,3,7H2,1-2H3,(H,17,20)(H,18,21). The third kappa shape index (κ3) is 5.53. The van der Waals surface area contributed by atoms with Gasteiger partial charge in [-0.15, -0.1) is 0 Å². The van der Waals surface area contributed by atoms with E-state index in [4.69, 9.17) is 23.2 Å². The minimum absolute atomic E-state index is 0.0304. The first-order chi connectivity index (χ1) is 9.85. The number of carbonyl (C=O) groups excluding carboxylic acids is 2. The monoisotopic (exact) mass is 332 g/mol. The van der Waals surface area contributed by atoms with E-state index in [-0.39, 0.29) is 17.5 Å². The molecule has 5 nitrogen and oxygen atoms in total. The van der Waals surface area contributed by atoms with Crippen molar-refractivity contribution in [1.29, 1.82) is 0 Å². The van der Waals surface area contributed by atoms with Gasteiger partial charge in [-0.1, -0.05) is 43.5 Å². The highest BCUT2D eigenvalue weighted by Gasteiger charge is 2.17.